The number of methoxy groups -OCH3 is 1. The number of rotatable bonds is 5. The van der Waals surface area contributed by atoms with Crippen molar-refractivity contribution < 1.29 is 4.74 Å². The maximum Gasteiger partial charge on any atom is 0.216 e. The third kappa shape index (κ3) is 2.98. The molecule has 1 N–H and O–H groups in total. The zero-order chi connectivity index (χ0) is 13.0. The van der Waals surface area contributed by atoms with Crippen LogP contribution in [0, 0.1) is 4.77 Å². The third-order valence-electron chi connectivity index (χ3n) is 2.85. The van der Waals surface area contributed by atoms with E-state index in [9.17, 15) is 0 Å². The molecule has 0 saturated carbocycles. The lowest BCUT2D eigenvalue weighted by Crippen LogP contribution is -1.98. The van der Waals surface area contributed by atoms with E-state index in [4.69, 9.17) is 17.0 Å². The molecule has 18 heavy (non-hydrogen) atoms. The van der Waals surface area contributed by atoms with Gasteiger partial charge in [0.05, 0.1) is 7.11 Å². The Hall–Kier alpha value is -1.62. The molecule has 2 aromatic rings. The average molecular weight is 263 g/mol. The number of H-pyrrole nitrogens is 1. The molecule has 0 bridgehead atoms. The number of aryl methyl sites for hydroxylation is 3. The zero-order valence-electron chi connectivity index (χ0n) is 10.6. The fraction of sp³-hybridized carbons (Fsp3) is 0.385. The molecule has 0 aliphatic heterocycles. The van der Waals surface area contributed by atoms with E-state index >= 15 is 0 Å². The molecule has 0 aliphatic carbocycles. The Morgan fingerprint density at radius 3 is 2.56 bits per heavy atom. The topological polar surface area (TPSA) is 42.8 Å². The van der Waals surface area contributed by atoms with Gasteiger partial charge in [-0.15, -0.1) is 0 Å². The zero-order valence-corrected chi connectivity index (χ0v) is 11.5. The van der Waals surface area contributed by atoms with Gasteiger partial charge < -0.3 is 4.74 Å². The normalized spacial score (nSPS) is 10.6. The van der Waals surface area contributed by atoms with E-state index < -0.39 is 0 Å². The molecule has 96 valence electrons. The van der Waals surface area contributed by atoms with Gasteiger partial charge in [-0.05, 0) is 43.3 Å². The summed E-state index contributed by atoms with van der Waals surface area (Å²) in [6.07, 6.45) is 1.80. The summed E-state index contributed by atoms with van der Waals surface area (Å²) >= 11 is 5.14. The number of benzene rings is 1. The van der Waals surface area contributed by atoms with Crippen LogP contribution in [0.3, 0.4) is 0 Å². The molecule has 4 nitrogen and oxygen atoms in total. The van der Waals surface area contributed by atoms with Crippen LogP contribution in [-0.2, 0) is 19.4 Å². The van der Waals surface area contributed by atoms with Crippen molar-refractivity contribution in [2.75, 3.05) is 7.11 Å². The highest BCUT2D eigenvalue weighted by Crippen LogP contribution is 2.12. The molecule has 0 aliphatic rings. The predicted molar refractivity (Wildman–Crippen MR) is 73.5 cm³/mol. The molecule has 0 amide bonds. The van der Waals surface area contributed by atoms with Crippen LogP contribution in [0.5, 0.6) is 5.75 Å². The van der Waals surface area contributed by atoms with Crippen LogP contribution in [-0.4, -0.2) is 21.9 Å². The van der Waals surface area contributed by atoms with Crippen LogP contribution >= 0.6 is 12.2 Å². The number of aromatic amines is 1. The Labute approximate surface area is 112 Å². The molecule has 1 aromatic carbocycles. The molecule has 0 unspecified atom stereocenters. The number of ether oxygens (including phenoxy) is 1. The molecule has 2 rings (SSSR count). The van der Waals surface area contributed by atoms with Gasteiger partial charge in [0, 0.05) is 13.0 Å². The number of aromatic nitrogens is 3. The molecule has 0 saturated heterocycles. The van der Waals surface area contributed by atoms with E-state index in [0.717, 1.165) is 31.0 Å². The largest absolute Gasteiger partial charge is 0.497 e. The summed E-state index contributed by atoms with van der Waals surface area (Å²) < 4.78 is 7.63. The Morgan fingerprint density at radius 1 is 1.28 bits per heavy atom. The smallest absolute Gasteiger partial charge is 0.216 e. The molecule has 0 fully saturated rings. The highest BCUT2D eigenvalue weighted by Gasteiger charge is 2.02. The Kier molecular flexibility index (Phi) is 4.15. The highest BCUT2D eigenvalue weighted by atomic mass is 32.1. The molecule has 0 atom stereocenters. The van der Waals surface area contributed by atoms with Gasteiger partial charge in [-0.2, -0.15) is 0 Å². The van der Waals surface area contributed by atoms with E-state index in [0.29, 0.717) is 4.77 Å². The maximum atomic E-state index is 5.14. The summed E-state index contributed by atoms with van der Waals surface area (Å²) in [6.45, 7) is 2.87. The van der Waals surface area contributed by atoms with Crippen molar-refractivity contribution in [3.63, 3.8) is 0 Å². The second kappa shape index (κ2) is 5.82. The van der Waals surface area contributed by atoms with E-state index in [1.807, 2.05) is 23.7 Å². The fourth-order valence-electron chi connectivity index (χ4n) is 1.79. The standard InChI is InChI=1S/C13H17N3OS/c1-3-16-13(18)14-12(15-16)9-6-10-4-7-11(17-2)8-5-10/h4-5,7-8H,3,6,9H2,1-2H3,(H,14,15,18). The summed E-state index contributed by atoms with van der Waals surface area (Å²) in [7, 11) is 1.67. The van der Waals surface area contributed by atoms with E-state index in [2.05, 4.69) is 22.2 Å². The quantitative estimate of drug-likeness (QED) is 0.843. The van der Waals surface area contributed by atoms with E-state index in [-0.39, 0.29) is 0 Å². The van der Waals surface area contributed by atoms with Gasteiger partial charge in [-0.3, -0.25) is 9.78 Å². The predicted octanol–water partition coefficient (Wildman–Crippen LogP) is 2.75. The summed E-state index contributed by atoms with van der Waals surface area (Å²) in [5.74, 6) is 1.83. The van der Waals surface area contributed by atoms with Crippen molar-refractivity contribution in [2.45, 2.75) is 26.3 Å². The maximum absolute atomic E-state index is 5.14. The Balaban J connectivity index is 1.99. The monoisotopic (exact) mass is 263 g/mol. The molecule has 0 spiro atoms. The van der Waals surface area contributed by atoms with Crippen molar-refractivity contribution >= 4 is 12.2 Å². The lowest BCUT2D eigenvalue weighted by atomic mass is 10.1. The SMILES string of the molecule is CCn1[nH]c(CCc2ccc(OC)cc2)nc1=S. The van der Waals surface area contributed by atoms with Crippen LogP contribution < -0.4 is 4.74 Å². The van der Waals surface area contributed by atoms with Crippen LogP contribution in [0.2, 0.25) is 0 Å². The first-order valence-corrected chi connectivity index (χ1v) is 6.42. The minimum absolute atomic E-state index is 0.627. The molecular formula is C13H17N3OS. The third-order valence-corrected chi connectivity index (χ3v) is 3.16. The van der Waals surface area contributed by atoms with Crippen molar-refractivity contribution in [3.8, 4) is 5.75 Å². The van der Waals surface area contributed by atoms with Crippen LogP contribution in [0.25, 0.3) is 0 Å². The molecule has 1 heterocycles. The molecular weight excluding hydrogens is 246 g/mol. The van der Waals surface area contributed by atoms with Crippen LogP contribution in [0.15, 0.2) is 24.3 Å². The van der Waals surface area contributed by atoms with Crippen LogP contribution in [0.1, 0.15) is 18.3 Å². The number of nitrogens with one attached hydrogen (secondary N) is 1. The molecule has 5 heteroatoms. The highest BCUT2D eigenvalue weighted by molar-refractivity contribution is 7.71. The minimum Gasteiger partial charge on any atom is -0.497 e. The van der Waals surface area contributed by atoms with Crippen molar-refractivity contribution in [3.05, 3.63) is 40.4 Å². The average Bonchev–Trinajstić information content (AvgIpc) is 2.77. The number of hydrogen-bond donors (Lipinski definition) is 1. The number of nitrogens with zero attached hydrogens (tertiary/aromatic N) is 2. The van der Waals surface area contributed by atoms with Gasteiger partial charge in [-0.1, -0.05) is 12.1 Å². The van der Waals surface area contributed by atoms with Crippen molar-refractivity contribution in [1.82, 2.24) is 14.8 Å². The second-order valence-electron chi connectivity index (χ2n) is 4.05. The van der Waals surface area contributed by atoms with E-state index in [1.165, 1.54) is 5.56 Å². The lowest BCUT2D eigenvalue weighted by Gasteiger charge is -2.02. The van der Waals surface area contributed by atoms with Gasteiger partial charge in [0.1, 0.15) is 11.6 Å². The van der Waals surface area contributed by atoms with Gasteiger partial charge in [0.2, 0.25) is 4.77 Å². The minimum atomic E-state index is 0.627. The summed E-state index contributed by atoms with van der Waals surface area (Å²) in [6, 6.07) is 8.10. The second-order valence-corrected chi connectivity index (χ2v) is 4.41. The number of hydrogen-bond acceptors (Lipinski definition) is 3. The van der Waals surface area contributed by atoms with Crippen molar-refractivity contribution in [1.29, 1.82) is 0 Å². The summed E-state index contributed by atoms with van der Waals surface area (Å²) in [5, 5.41) is 3.20. The Bertz CT molecular complexity index is 556. The van der Waals surface area contributed by atoms with Gasteiger partial charge in [0.25, 0.3) is 0 Å². The fourth-order valence-corrected chi connectivity index (χ4v) is 2.07. The van der Waals surface area contributed by atoms with Crippen molar-refractivity contribution in [2.24, 2.45) is 0 Å². The van der Waals surface area contributed by atoms with Gasteiger partial charge in [0.15, 0.2) is 0 Å². The molecule has 1 aromatic heterocycles. The summed E-state index contributed by atoms with van der Waals surface area (Å²) in [4.78, 5) is 4.33. The van der Waals surface area contributed by atoms with Gasteiger partial charge >= 0.3 is 0 Å². The van der Waals surface area contributed by atoms with E-state index in [1.54, 1.807) is 7.11 Å². The summed E-state index contributed by atoms with van der Waals surface area (Å²) in [5.41, 5.74) is 1.26. The van der Waals surface area contributed by atoms with Crippen LogP contribution in [0.4, 0.5) is 0 Å². The first kappa shape index (κ1) is 12.8. The first-order valence-electron chi connectivity index (χ1n) is 6.01. The Morgan fingerprint density at radius 2 is 2.00 bits per heavy atom. The lowest BCUT2D eigenvalue weighted by molar-refractivity contribution is 0.414. The van der Waals surface area contributed by atoms with Gasteiger partial charge in [-0.25, -0.2) is 4.98 Å². The molecule has 0 radical (unpaired) electrons. The first-order chi connectivity index (χ1) is 8.72.